The van der Waals surface area contributed by atoms with Gasteiger partial charge in [0.25, 0.3) is 0 Å². The maximum atomic E-state index is 11.3. The molecule has 2 aliphatic heterocycles. The van der Waals surface area contributed by atoms with Gasteiger partial charge in [-0.05, 0) is 44.4 Å². The number of primary amides is 1. The van der Waals surface area contributed by atoms with Crippen LogP contribution < -0.4 is 16.0 Å². The predicted molar refractivity (Wildman–Crippen MR) is 108 cm³/mol. The van der Waals surface area contributed by atoms with Gasteiger partial charge in [0.15, 0.2) is 5.82 Å². The number of fused-ring (bicyclic) bond motifs is 1. The zero-order chi connectivity index (χ0) is 19.5. The minimum Gasteiger partial charge on any atom is -0.376 e. The van der Waals surface area contributed by atoms with Crippen molar-refractivity contribution in [3.05, 3.63) is 41.1 Å². The van der Waals surface area contributed by atoms with E-state index in [-0.39, 0.29) is 6.10 Å². The number of aromatic nitrogens is 2. The van der Waals surface area contributed by atoms with Crippen LogP contribution in [0.2, 0.25) is 0 Å². The van der Waals surface area contributed by atoms with Gasteiger partial charge in [-0.25, -0.2) is 9.97 Å². The van der Waals surface area contributed by atoms with Gasteiger partial charge in [-0.15, -0.1) is 0 Å². The number of anilines is 1. The van der Waals surface area contributed by atoms with Crippen molar-refractivity contribution in [1.82, 2.24) is 15.3 Å². The second-order valence-corrected chi connectivity index (χ2v) is 7.53. The molecular weight excluding hydrogens is 354 g/mol. The second-order valence-electron chi connectivity index (χ2n) is 7.53. The molecule has 0 unspecified atom stereocenters. The van der Waals surface area contributed by atoms with Crippen molar-refractivity contribution in [2.24, 2.45) is 5.73 Å². The van der Waals surface area contributed by atoms with Crippen molar-refractivity contribution in [1.29, 1.82) is 0 Å². The number of nitrogens with two attached hydrogens (primary N) is 1. The van der Waals surface area contributed by atoms with E-state index in [1.54, 1.807) is 12.1 Å². The molecule has 148 valence electrons. The number of nitrogens with one attached hydrogen (secondary N) is 1. The minimum absolute atomic E-state index is 0.254. The molecule has 0 spiro atoms. The molecule has 0 bridgehead atoms. The molecular formula is C21H27N5O2. The van der Waals surface area contributed by atoms with E-state index in [0.29, 0.717) is 11.4 Å². The number of hydrogen-bond acceptors (Lipinski definition) is 6. The molecule has 1 atom stereocenters. The van der Waals surface area contributed by atoms with Crippen LogP contribution in [0.25, 0.3) is 11.4 Å². The normalized spacial score (nSPS) is 19.1. The van der Waals surface area contributed by atoms with Crippen LogP contribution in [-0.2, 0) is 17.7 Å². The summed E-state index contributed by atoms with van der Waals surface area (Å²) in [6.07, 6.45) is 4.65. The molecule has 1 amide bonds. The Hall–Kier alpha value is -2.51. The quantitative estimate of drug-likeness (QED) is 0.822. The van der Waals surface area contributed by atoms with Crippen molar-refractivity contribution < 1.29 is 9.53 Å². The molecule has 3 heterocycles. The van der Waals surface area contributed by atoms with Gasteiger partial charge in [-0.2, -0.15) is 0 Å². The average Bonchev–Trinajstić information content (AvgIpc) is 2.73. The smallest absolute Gasteiger partial charge is 0.248 e. The van der Waals surface area contributed by atoms with Crippen molar-refractivity contribution in [3.8, 4) is 11.4 Å². The molecule has 1 aromatic carbocycles. The molecule has 4 rings (SSSR count). The van der Waals surface area contributed by atoms with Crippen LogP contribution in [0.4, 0.5) is 5.82 Å². The van der Waals surface area contributed by atoms with Gasteiger partial charge in [0.2, 0.25) is 5.91 Å². The summed E-state index contributed by atoms with van der Waals surface area (Å²) in [4.78, 5) is 23.3. The fourth-order valence-electron chi connectivity index (χ4n) is 3.91. The van der Waals surface area contributed by atoms with Crippen LogP contribution in [0.15, 0.2) is 24.3 Å². The van der Waals surface area contributed by atoms with Crippen molar-refractivity contribution in [2.75, 3.05) is 31.6 Å². The largest absolute Gasteiger partial charge is 0.376 e. The van der Waals surface area contributed by atoms with E-state index >= 15 is 0 Å². The van der Waals surface area contributed by atoms with Gasteiger partial charge < -0.3 is 20.7 Å². The Morgan fingerprint density at radius 3 is 2.82 bits per heavy atom. The predicted octanol–water partition coefficient (Wildman–Crippen LogP) is 1.89. The number of hydrogen-bond donors (Lipinski definition) is 2. The molecule has 2 aromatic rings. The molecule has 2 aliphatic rings. The third kappa shape index (κ3) is 4.00. The first-order chi connectivity index (χ1) is 13.6. The van der Waals surface area contributed by atoms with E-state index in [9.17, 15) is 4.79 Å². The second kappa shape index (κ2) is 8.24. The Morgan fingerprint density at radius 2 is 2.11 bits per heavy atom. The van der Waals surface area contributed by atoms with E-state index in [1.165, 1.54) is 12.0 Å². The van der Waals surface area contributed by atoms with Crippen LogP contribution in [0.3, 0.4) is 0 Å². The lowest BCUT2D eigenvalue weighted by atomic mass is 10.0. The number of likely N-dealkylation sites (N-methyl/N-ethyl adjacent to an activating group) is 1. The van der Waals surface area contributed by atoms with Crippen LogP contribution >= 0.6 is 0 Å². The zero-order valence-electron chi connectivity index (χ0n) is 16.3. The summed E-state index contributed by atoms with van der Waals surface area (Å²) in [6, 6.07) is 7.15. The molecule has 28 heavy (non-hydrogen) atoms. The lowest BCUT2D eigenvalue weighted by Crippen LogP contribution is -2.36. The Kier molecular flexibility index (Phi) is 5.54. The van der Waals surface area contributed by atoms with Crippen molar-refractivity contribution in [3.63, 3.8) is 0 Å². The molecule has 0 saturated carbocycles. The molecule has 1 fully saturated rings. The van der Waals surface area contributed by atoms with Crippen molar-refractivity contribution in [2.45, 2.75) is 38.3 Å². The van der Waals surface area contributed by atoms with Gasteiger partial charge in [0.1, 0.15) is 5.82 Å². The van der Waals surface area contributed by atoms with Gasteiger partial charge in [0.05, 0.1) is 11.8 Å². The summed E-state index contributed by atoms with van der Waals surface area (Å²) in [5.41, 5.74) is 8.97. The molecule has 7 heteroatoms. The summed E-state index contributed by atoms with van der Waals surface area (Å²) < 4.78 is 5.92. The monoisotopic (exact) mass is 381 g/mol. The molecule has 0 radical (unpaired) electrons. The third-order valence-electron chi connectivity index (χ3n) is 5.46. The van der Waals surface area contributed by atoms with Gasteiger partial charge in [-0.1, -0.05) is 12.1 Å². The topological polar surface area (TPSA) is 93.4 Å². The summed E-state index contributed by atoms with van der Waals surface area (Å²) in [6.45, 7) is 3.35. The van der Waals surface area contributed by atoms with Crippen LogP contribution in [0.5, 0.6) is 0 Å². The third-order valence-corrected chi connectivity index (χ3v) is 5.46. The van der Waals surface area contributed by atoms with Crippen LogP contribution in [0.1, 0.15) is 40.9 Å². The van der Waals surface area contributed by atoms with E-state index in [4.69, 9.17) is 20.4 Å². The highest BCUT2D eigenvalue weighted by atomic mass is 16.5. The number of benzene rings is 1. The molecule has 7 nitrogen and oxygen atoms in total. The van der Waals surface area contributed by atoms with Crippen LogP contribution in [-0.4, -0.2) is 48.7 Å². The minimum atomic E-state index is -0.435. The molecule has 3 N–H and O–H groups in total. The Bertz CT molecular complexity index is 847. The van der Waals surface area contributed by atoms with Crippen LogP contribution in [0, 0.1) is 0 Å². The summed E-state index contributed by atoms with van der Waals surface area (Å²) in [5.74, 6) is 1.22. The number of ether oxygens (including phenoxy) is 1. The van der Waals surface area contributed by atoms with Gasteiger partial charge >= 0.3 is 0 Å². The summed E-state index contributed by atoms with van der Waals surface area (Å²) in [7, 11) is 2.09. The molecule has 0 aliphatic carbocycles. The first-order valence-corrected chi connectivity index (χ1v) is 9.95. The zero-order valence-corrected chi connectivity index (χ0v) is 16.3. The average molecular weight is 381 g/mol. The van der Waals surface area contributed by atoms with E-state index in [2.05, 4.69) is 17.3 Å². The summed E-state index contributed by atoms with van der Waals surface area (Å²) >= 11 is 0. The van der Waals surface area contributed by atoms with E-state index in [1.807, 2.05) is 12.1 Å². The van der Waals surface area contributed by atoms with Crippen molar-refractivity contribution >= 4 is 11.7 Å². The summed E-state index contributed by atoms with van der Waals surface area (Å²) in [5, 5.41) is 3.40. The number of rotatable bonds is 5. The van der Waals surface area contributed by atoms with E-state index in [0.717, 1.165) is 62.6 Å². The highest BCUT2D eigenvalue weighted by Gasteiger charge is 2.23. The maximum Gasteiger partial charge on any atom is 0.248 e. The first kappa shape index (κ1) is 18.8. The molecule has 1 aromatic heterocycles. The lowest BCUT2D eigenvalue weighted by molar-refractivity contribution is 0.0215. The lowest BCUT2D eigenvalue weighted by Gasteiger charge is -2.30. The number of carbonyl (C=O) groups excluding carboxylic acids is 1. The Labute approximate surface area is 165 Å². The Balaban J connectivity index is 1.66. The highest BCUT2D eigenvalue weighted by molar-refractivity contribution is 5.93. The van der Waals surface area contributed by atoms with Gasteiger partial charge in [0, 0.05) is 43.4 Å². The van der Waals surface area contributed by atoms with E-state index < -0.39 is 5.91 Å². The fourth-order valence-corrected chi connectivity index (χ4v) is 3.91. The number of amides is 1. The van der Waals surface area contributed by atoms with Gasteiger partial charge in [-0.3, -0.25) is 4.79 Å². The fraction of sp³-hybridized carbons (Fsp3) is 0.476. The Morgan fingerprint density at radius 1 is 1.29 bits per heavy atom. The molecule has 1 saturated heterocycles. The maximum absolute atomic E-state index is 11.3. The SMILES string of the molecule is CN(C[C@H]1CCCCO1)c1nc(-c2ccc(C(N)=O)cc2)nc2c1CCNC2. The number of carbonyl (C=O) groups is 1. The number of nitrogens with zero attached hydrogens (tertiary/aromatic N) is 3. The highest BCUT2D eigenvalue weighted by Crippen LogP contribution is 2.28. The standard InChI is InChI=1S/C21H27N5O2/c1-26(13-16-4-2-3-11-28-16)21-17-9-10-23-12-18(17)24-20(25-21)15-7-5-14(6-8-15)19(22)27/h5-8,16,23H,2-4,9-13H2,1H3,(H2,22,27)/t16-/m1/s1. The first-order valence-electron chi connectivity index (χ1n) is 9.95.